The third-order valence-electron chi connectivity index (χ3n) is 1.37. The molecule has 0 saturated carbocycles. The van der Waals surface area contributed by atoms with Crippen LogP contribution in [0, 0.1) is 6.92 Å². The van der Waals surface area contributed by atoms with Crippen LogP contribution in [0.3, 0.4) is 0 Å². The summed E-state index contributed by atoms with van der Waals surface area (Å²) in [6, 6.07) is -0.110. The van der Waals surface area contributed by atoms with Gasteiger partial charge in [0.25, 0.3) is 0 Å². The Morgan fingerprint density at radius 3 is 3.00 bits per heavy atom. The van der Waals surface area contributed by atoms with Crippen molar-refractivity contribution in [1.29, 1.82) is 0 Å². The van der Waals surface area contributed by atoms with Crippen molar-refractivity contribution in [3.8, 4) is 0 Å². The quantitative estimate of drug-likeness (QED) is 0.766. The van der Waals surface area contributed by atoms with Crippen molar-refractivity contribution in [2.75, 3.05) is 5.32 Å². The van der Waals surface area contributed by atoms with Gasteiger partial charge < -0.3 is 11.1 Å². The molecule has 1 amide bonds. The molecule has 0 saturated heterocycles. The van der Waals surface area contributed by atoms with Gasteiger partial charge in [-0.3, -0.25) is 4.79 Å². The number of aryl methyl sites for hydroxylation is 1. The monoisotopic (exact) mass is 199 g/mol. The second kappa shape index (κ2) is 4.34. The zero-order chi connectivity index (χ0) is 9.84. The Hall–Kier alpha value is -0.940. The first-order valence-corrected chi connectivity index (χ1v) is 4.93. The number of nitrogens with zero attached hydrogens (tertiary/aromatic N) is 1. The lowest BCUT2D eigenvalue weighted by Crippen LogP contribution is -2.23. The summed E-state index contributed by atoms with van der Waals surface area (Å²) in [7, 11) is 0. The normalized spacial score (nSPS) is 12.5. The molecule has 0 aliphatic rings. The molecular formula is C8H13N3OS. The number of thiazole rings is 1. The van der Waals surface area contributed by atoms with Crippen molar-refractivity contribution in [2.45, 2.75) is 26.3 Å². The van der Waals surface area contributed by atoms with E-state index < -0.39 is 0 Å². The molecule has 0 bridgehead atoms. The summed E-state index contributed by atoms with van der Waals surface area (Å²) in [5.41, 5.74) is 6.39. The zero-order valence-corrected chi connectivity index (χ0v) is 8.52. The Bertz CT molecular complexity index is 295. The highest BCUT2D eigenvalue weighted by Crippen LogP contribution is 2.14. The van der Waals surface area contributed by atoms with Gasteiger partial charge in [0.2, 0.25) is 5.91 Å². The molecule has 1 rings (SSSR count). The molecule has 0 aliphatic heterocycles. The number of carbonyl (C=O) groups is 1. The molecule has 72 valence electrons. The number of nitrogens with one attached hydrogen (secondary N) is 1. The van der Waals surface area contributed by atoms with Gasteiger partial charge in [-0.15, -0.1) is 11.3 Å². The molecule has 0 fully saturated rings. The maximum atomic E-state index is 11.2. The first-order chi connectivity index (χ1) is 6.08. The second-order valence-electron chi connectivity index (χ2n) is 3.02. The van der Waals surface area contributed by atoms with Crippen LogP contribution in [0.4, 0.5) is 5.13 Å². The fourth-order valence-electron chi connectivity index (χ4n) is 0.874. The highest BCUT2D eigenvalue weighted by molar-refractivity contribution is 7.13. The first-order valence-electron chi connectivity index (χ1n) is 4.05. The topological polar surface area (TPSA) is 68.0 Å². The number of aromatic nitrogens is 1. The molecule has 0 radical (unpaired) electrons. The summed E-state index contributed by atoms with van der Waals surface area (Å²) in [5, 5.41) is 5.21. The predicted octanol–water partition coefficient (Wildman–Crippen LogP) is 1.13. The average molecular weight is 199 g/mol. The Labute approximate surface area is 81.2 Å². The van der Waals surface area contributed by atoms with Crippen LogP contribution < -0.4 is 11.1 Å². The van der Waals surface area contributed by atoms with E-state index in [1.165, 1.54) is 11.3 Å². The van der Waals surface area contributed by atoms with Gasteiger partial charge >= 0.3 is 0 Å². The number of nitrogens with two attached hydrogens (primary N) is 1. The van der Waals surface area contributed by atoms with E-state index in [2.05, 4.69) is 10.3 Å². The Morgan fingerprint density at radius 2 is 2.54 bits per heavy atom. The summed E-state index contributed by atoms with van der Waals surface area (Å²) in [6.45, 7) is 3.68. The van der Waals surface area contributed by atoms with Crippen LogP contribution >= 0.6 is 11.3 Å². The lowest BCUT2D eigenvalue weighted by molar-refractivity contribution is -0.116. The summed E-state index contributed by atoms with van der Waals surface area (Å²) in [5.74, 6) is -0.0793. The molecule has 0 aromatic carbocycles. The van der Waals surface area contributed by atoms with Gasteiger partial charge in [-0.1, -0.05) is 0 Å². The van der Waals surface area contributed by atoms with Gasteiger partial charge in [0.05, 0.1) is 5.69 Å². The van der Waals surface area contributed by atoms with Crippen LogP contribution in [0.25, 0.3) is 0 Å². The molecule has 1 heterocycles. The molecule has 5 heteroatoms. The number of rotatable bonds is 3. The van der Waals surface area contributed by atoms with Crippen LogP contribution in [-0.4, -0.2) is 16.9 Å². The highest BCUT2D eigenvalue weighted by Gasteiger charge is 2.06. The number of hydrogen-bond acceptors (Lipinski definition) is 4. The van der Waals surface area contributed by atoms with Gasteiger partial charge in [-0.05, 0) is 13.8 Å². The van der Waals surface area contributed by atoms with E-state index in [-0.39, 0.29) is 11.9 Å². The van der Waals surface area contributed by atoms with Crippen LogP contribution in [0.2, 0.25) is 0 Å². The SMILES string of the molecule is Cc1csc(NC(=O)CC(C)N)n1. The van der Waals surface area contributed by atoms with Crippen LogP contribution in [-0.2, 0) is 4.79 Å². The van der Waals surface area contributed by atoms with Crippen molar-refractivity contribution < 1.29 is 4.79 Å². The molecule has 0 aliphatic carbocycles. The molecule has 0 spiro atoms. The minimum Gasteiger partial charge on any atom is -0.327 e. The number of amides is 1. The summed E-state index contributed by atoms with van der Waals surface area (Å²) in [4.78, 5) is 15.3. The van der Waals surface area contributed by atoms with Crippen LogP contribution in [0.15, 0.2) is 5.38 Å². The lowest BCUT2D eigenvalue weighted by Gasteiger charge is -2.03. The second-order valence-corrected chi connectivity index (χ2v) is 3.88. The third kappa shape index (κ3) is 3.52. The fourth-order valence-corrected chi connectivity index (χ4v) is 1.58. The molecule has 1 aromatic rings. The molecule has 1 aromatic heterocycles. The molecule has 4 nitrogen and oxygen atoms in total. The smallest absolute Gasteiger partial charge is 0.227 e. The molecule has 1 unspecified atom stereocenters. The number of carbonyl (C=O) groups excluding carboxylic acids is 1. The number of anilines is 1. The maximum Gasteiger partial charge on any atom is 0.227 e. The summed E-state index contributed by atoms with van der Waals surface area (Å²) in [6.07, 6.45) is 0.332. The number of hydrogen-bond donors (Lipinski definition) is 2. The van der Waals surface area contributed by atoms with Crippen molar-refractivity contribution in [3.63, 3.8) is 0 Å². The van der Waals surface area contributed by atoms with Crippen molar-refractivity contribution in [1.82, 2.24) is 4.98 Å². The van der Waals surface area contributed by atoms with Crippen molar-refractivity contribution in [3.05, 3.63) is 11.1 Å². The summed E-state index contributed by atoms with van der Waals surface area (Å²) < 4.78 is 0. The van der Waals surface area contributed by atoms with Gasteiger partial charge in [0.1, 0.15) is 0 Å². The minimum absolute atomic E-state index is 0.0793. The maximum absolute atomic E-state index is 11.2. The van der Waals surface area contributed by atoms with Gasteiger partial charge in [0.15, 0.2) is 5.13 Å². The Morgan fingerprint density at radius 1 is 1.85 bits per heavy atom. The van der Waals surface area contributed by atoms with E-state index >= 15 is 0 Å². The van der Waals surface area contributed by atoms with E-state index in [4.69, 9.17) is 5.73 Å². The lowest BCUT2D eigenvalue weighted by atomic mass is 10.2. The van der Waals surface area contributed by atoms with Crippen LogP contribution in [0.1, 0.15) is 19.0 Å². The highest BCUT2D eigenvalue weighted by atomic mass is 32.1. The Kier molecular flexibility index (Phi) is 3.39. The standard InChI is InChI=1S/C8H13N3OS/c1-5(9)3-7(12)11-8-10-6(2)4-13-8/h4-5H,3,9H2,1-2H3,(H,10,11,12). The van der Waals surface area contributed by atoms with E-state index in [9.17, 15) is 4.79 Å². The zero-order valence-electron chi connectivity index (χ0n) is 7.70. The minimum atomic E-state index is -0.110. The molecule has 1 atom stereocenters. The molecular weight excluding hydrogens is 186 g/mol. The largest absolute Gasteiger partial charge is 0.327 e. The Balaban J connectivity index is 2.45. The van der Waals surface area contributed by atoms with Gasteiger partial charge in [-0.25, -0.2) is 4.98 Å². The van der Waals surface area contributed by atoms with E-state index in [0.29, 0.717) is 11.6 Å². The average Bonchev–Trinajstić information content (AvgIpc) is 2.33. The van der Waals surface area contributed by atoms with Crippen molar-refractivity contribution >= 4 is 22.4 Å². The van der Waals surface area contributed by atoms with Gasteiger partial charge in [0, 0.05) is 17.8 Å². The van der Waals surface area contributed by atoms with E-state index in [1.54, 1.807) is 6.92 Å². The van der Waals surface area contributed by atoms with E-state index in [1.807, 2.05) is 12.3 Å². The fraction of sp³-hybridized carbons (Fsp3) is 0.500. The van der Waals surface area contributed by atoms with Crippen LogP contribution in [0.5, 0.6) is 0 Å². The molecule has 13 heavy (non-hydrogen) atoms. The third-order valence-corrected chi connectivity index (χ3v) is 2.25. The molecule has 3 N–H and O–H groups in total. The summed E-state index contributed by atoms with van der Waals surface area (Å²) >= 11 is 1.42. The van der Waals surface area contributed by atoms with Crippen molar-refractivity contribution in [2.24, 2.45) is 5.73 Å². The first kappa shape index (κ1) is 10.1. The van der Waals surface area contributed by atoms with E-state index in [0.717, 1.165) is 5.69 Å². The van der Waals surface area contributed by atoms with Gasteiger partial charge in [-0.2, -0.15) is 0 Å². The predicted molar refractivity (Wildman–Crippen MR) is 53.7 cm³/mol.